The molecule has 2 N–H and O–H groups in total. The summed E-state index contributed by atoms with van der Waals surface area (Å²) in [4.78, 5) is 16.5. The summed E-state index contributed by atoms with van der Waals surface area (Å²) in [6.07, 6.45) is 2.78. The lowest BCUT2D eigenvalue weighted by Gasteiger charge is -2.04. The molecule has 0 saturated carbocycles. The second-order valence-corrected chi connectivity index (χ2v) is 5.82. The molecule has 6 heteroatoms. The number of halogens is 2. The summed E-state index contributed by atoms with van der Waals surface area (Å²) in [5.41, 5.74) is 1.33. The first-order valence-electron chi connectivity index (χ1n) is 6.95. The Labute approximate surface area is 147 Å². The molecule has 0 amide bonds. The third kappa shape index (κ3) is 3.20. The molecule has 0 spiro atoms. The van der Waals surface area contributed by atoms with Crippen LogP contribution in [0.3, 0.4) is 0 Å². The first-order chi connectivity index (χ1) is 11.5. The number of allylic oxidation sites excluding steroid dienone is 1. The van der Waals surface area contributed by atoms with E-state index in [1.165, 1.54) is 18.2 Å². The lowest BCUT2D eigenvalue weighted by Crippen LogP contribution is -1.96. The first kappa shape index (κ1) is 16.3. The van der Waals surface area contributed by atoms with Gasteiger partial charge in [0, 0.05) is 22.6 Å². The van der Waals surface area contributed by atoms with Crippen LogP contribution >= 0.6 is 23.2 Å². The second-order valence-electron chi connectivity index (χ2n) is 5.09. The minimum absolute atomic E-state index is 0.00436. The second kappa shape index (κ2) is 6.51. The summed E-state index contributed by atoms with van der Waals surface area (Å²) in [6, 6.07) is 11.5. The molecule has 3 aromatic rings. The maximum Gasteiger partial charge on any atom is 0.187 e. The van der Waals surface area contributed by atoms with E-state index in [-0.39, 0.29) is 27.2 Å². The Kier molecular flexibility index (Phi) is 4.42. The van der Waals surface area contributed by atoms with E-state index in [4.69, 9.17) is 23.2 Å². The molecule has 120 valence electrons. The maximum absolute atomic E-state index is 12.3. The lowest BCUT2D eigenvalue weighted by molar-refractivity contribution is 0.104. The van der Waals surface area contributed by atoms with Gasteiger partial charge in [0.15, 0.2) is 5.78 Å². The number of rotatable bonds is 3. The predicted octanol–water partition coefficient (Wildman–Crippen LogP) is 4.85. The van der Waals surface area contributed by atoms with E-state index in [0.29, 0.717) is 5.56 Å². The minimum Gasteiger partial charge on any atom is -0.508 e. The number of phenolic OH excluding ortho intramolecular Hbond substituents is 2. The molecule has 3 rings (SSSR count). The third-order valence-corrected chi connectivity index (χ3v) is 4.12. The van der Waals surface area contributed by atoms with Gasteiger partial charge in [0.2, 0.25) is 0 Å². The highest BCUT2D eigenvalue weighted by atomic mass is 35.5. The summed E-state index contributed by atoms with van der Waals surface area (Å²) >= 11 is 12.0. The van der Waals surface area contributed by atoms with Crippen molar-refractivity contribution in [2.24, 2.45) is 0 Å². The number of nitrogens with zero attached hydrogens (tertiary/aromatic N) is 1. The van der Waals surface area contributed by atoms with E-state index in [1.807, 2.05) is 30.3 Å². The maximum atomic E-state index is 12.3. The molecule has 2 aromatic carbocycles. The number of para-hydroxylation sites is 1. The van der Waals surface area contributed by atoms with Gasteiger partial charge in [-0.3, -0.25) is 4.79 Å². The fraction of sp³-hybridized carbons (Fsp3) is 0. The standard InChI is InChI=1S/C18H11Cl2NO3/c19-17-13(8-12(22)9-16(17)24)15(23)6-5-11-7-10-3-1-2-4-14(10)21-18(11)20/h1-9,22,24H/b6-5+. The van der Waals surface area contributed by atoms with Gasteiger partial charge in [0.05, 0.1) is 10.5 Å². The predicted molar refractivity (Wildman–Crippen MR) is 94.9 cm³/mol. The summed E-state index contributed by atoms with van der Waals surface area (Å²) in [6.45, 7) is 0. The molecule has 0 unspecified atom stereocenters. The van der Waals surface area contributed by atoms with Gasteiger partial charge in [-0.1, -0.05) is 41.4 Å². The highest BCUT2D eigenvalue weighted by molar-refractivity contribution is 6.36. The quantitative estimate of drug-likeness (QED) is 0.398. The molecule has 1 aromatic heterocycles. The molecule has 0 fully saturated rings. The molecule has 0 aliphatic carbocycles. The average Bonchev–Trinajstić information content (AvgIpc) is 2.55. The van der Waals surface area contributed by atoms with Gasteiger partial charge in [-0.15, -0.1) is 0 Å². The van der Waals surface area contributed by atoms with Crippen molar-refractivity contribution in [3.8, 4) is 11.5 Å². The van der Waals surface area contributed by atoms with Crippen molar-refractivity contribution in [3.63, 3.8) is 0 Å². The van der Waals surface area contributed by atoms with Crippen LogP contribution in [0.5, 0.6) is 11.5 Å². The number of aromatic nitrogens is 1. The monoisotopic (exact) mass is 359 g/mol. The van der Waals surface area contributed by atoms with Gasteiger partial charge < -0.3 is 10.2 Å². The smallest absolute Gasteiger partial charge is 0.187 e. The number of hydrogen-bond donors (Lipinski definition) is 2. The number of carbonyl (C=O) groups excluding carboxylic acids is 1. The van der Waals surface area contributed by atoms with Crippen LogP contribution in [0.1, 0.15) is 15.9 Å². The Morgan fingerprint density at radius 2 is 1.83 bits per heavy atom. The third-order valence-electron chi connectivity index (χ3n) is 3.42. The number of hydrogen-bond acceptors (Lipinski definition) is 4. The number of carbonyl (C=O) groups is 1. The molecule has 1 heterocycles. The zero-order valence-electron chi connectivity index (χ0n) is 12.2. The van der Waals surface area contributed by atoms with Crippen molar-refractivity contribution in [1.29, 1.82) is 0 Å². The zero-order chi connectivity index (χ0) is 17.3. The van der Waals surface area contributed by atoms with Crippen molar-refractivity contribution in [2.75, 3.05) is 0 Å². The van der Waals surface area contributed by atoms with Crippen LogP contribution in [-0.2, 0) is 0 Å². The van der Waals surface area contributed by atoms with Crippen LogP contribution in [0.2, 0.25) is 10.2 Å². The molecular formula is C18H11Cl2NO3. The van der Waals surface area contributed by atoms with Gasteiger partial charge in [-0.05, 0) is 30.4 Å². The Balaban J connectivity index is 1.96. The van der Waals surface area contributed by atoms with Gasteiger partial charge in [0.25, 0.3) is 0 Å². The van der Waals surface area contributed by atoms with E-state index in [0.717, 1.165) is 17.0 Å². The Morgan fingerprint density at radius 1 is 1.08 bits per heavy atom. The SMILES string of the molecule is O=C(/C=C/c1cc2ccccc2nc1Cl)c1cc(O)cc(O)c1Cl. The highest BCUT2D eigenvalue weighted by Gasteiger charge is 2.13. The zero-order valence-corrected chi connectivity index (χ0v) is 13.7. The van der Waals surface area contributed by atoms with Crippen molar-refractivity contribution < 1.29 is 15.0 Å². The normalized spacial score (nSPS) is 11.2. The number of aromatic hydroxyl groups is 2. The van der Waals surface area contributed by atoms with Gasteiger partial charge in [-0.2, -0.15) is 0 Å². The van der Waals surface area contributed by atoms with Gasteiger partial charge in [-0.25, -0.2) is 4.98 Å². The van der Waals surface area contributed by atoms with E-state index >= 15 is 0 Å². The van der Waals surface area contributed by atoms with Gasteiger partial charge in [0.1, 0.15) is 16.7 Å². The van der Waals surface area contributed by atoms with E-state index in [9.17, 15) is 15.0 Å². The Morgan fingerprint density at radius 3 is 2.62 bits per heavy atom. The van der Waals surface area contributed by atoms with E-state index < -0.39 is 5.78 Å². The number of ketones is 1. The van der Waals surface area contributed by atoms with E-state index in [2.05, 4.69) is 4.98 Å². The molecule has 0 aliphatic heterocycles. The average molecular weight is 360 g/mol. The Bertz CT molecular complexity index is 983. The highest BCUT2D eigenvalue weighted by Crippen LogP contribution is 2.32. The fourth-order valence-electron chi connectivity index (χ4n) is 2.25. The van der Waals surface area contributed by atoms with Crippen LogP contribution in [0.25, 0.3) is 17.0 Å². The topological polar surface area (TPSA) is 70.4 Å². The minimum atomic E-state index is -0.476. The lowest BCUT2D eigenvalue weighted by atomic mass is 10.1. The van der Waals surface area contributed by atoms with Crippen molar-refractivity contribution in [2.45, 2.75) is 0 Å². The van der Waals surface area contributed by atoms with Crippen molar-refractivity contribution >= 4 is 46.0 Å². The largest absolute Gasteiger partial charge is 0.508 e. The Hall–Kier alpha value is -2.56. The molecule has 0 radical (unpaired) electrons. The summed E-state index contributed by atoms with van der Waals surface area (Å²) in [5, 5.41) is 20.1. The van der Waals surface area contributed by atoms with E-state index in [1.54, 1.807) is 0 Å². The van der Waals surface area contributed by atoms with Crippen LogP contribution < -0.4 is 0 Å². The molecule has 0 bridgehead atoms. The number of pyridine rings is 1. The molecule has 0 aliphatic rings. The summed E-state index contributed by atoms with van der Waals surface area (Å²) < 4.78 is 0. The fourth-order valence-corrected chi connectivity index (χ4v) is 2.67. The molecule has 0 saturated heterocycles. The summed E-state index contributed by atoms with van der Waals surface area (Å²) in [5.74, 6) is -1.09. The van der Waals surface area contributed by atoms with Crippen LogP contribution in [0.4, 0.5) is 0 Å². The molecule has 0 atom stereocenters. The first-order valence-corrected chi connectivity index (χ1v) is 7.70. The van der Waals surface area contributed by atoms with Crippen LogP contribution in [-0.4, -0.2) is 21.0 Å². The molecule has 4 nitrogen and oxygen atoms in total. The van der Waals surface area contributed by atoms with Crippen molar-refractivity contribution in [1.82, 2.24) is 4.98 Å². The number of phenols is 2. The van der Waals surface area contributed by atoms with Crippen LogP contribution in [0.15, 0.2) is 48.5 Å². The van der Waals surface area contributed by atoms with Crippen molar-refractivity contribution in [3.05, 3.63) is 69.8 Å². The number of fused-ring (bicyclic) bond motifs is 1. The van der Waals surface area contributed by atoms with Gasteiger partial charge >= 0.3 is 0 Å². The summed E-state index contributed by atoms with van der Waals surface area (Å²) in [7, 11) is 0. The number of benzene rings is 2. The van der Waals surface area contributed by atoms with Crippen LogP contribution in [0, 0.1) is 0 Å². The molecule has 24 heavy (non-hydrogen) atoms. The molecular weight excluding hydrogens is 349 g/mol.